The Morgan fingerprint density at radius 3 is 2.58 bits per heavy atom. The number of carbonyl (C=O) groups is 2. The van der Waals surface area contributed by atoms with Gasteiger partial charge in [0.25, 0.3) is 0 Å². The maximum absolute atomic E-state index is 13.8. The lowest BCUT2D eigenvalue weighted by Crippen LogP contribution is -2.52. The van der Waals surface area contributed by atoms with Gasteiger partial charge in [0, 0.05) is 32.4 Å². The molecule has 7 heteroatoms. The number of hydrogen-bond acceptors (Lipinski definition) is 5. The van der Waals surface area contributed by atoms with Crippen molar-refractivity contribution in [3.05, 3.63) is 59.5 Å². The molecule has 1 aliphatic heterocycles. The molecular weight excluding hydrogens is 397 g/mol. The Balaban J connectivity index is 1.44. The van der Waals surface area contributed by atoms with Crippen molar-refractivity contribution in [1.29, 1.82) is 0 Å². The van der Waals surface area contributed by atoms with E-state index in [4.69, 9.17) is 4.74 Å². The molecule has 164 valence electrons. The highest BCUT2D eigenvalue weighted by Gasteiger charge is 2.47. The minimum Gasteiger partial charge on any atom is -0.462 e. The number of hydrogen-bond donors (Lipinski definition) is 0. The molecule has 0 unspecified atom stereocenters. The lowest BCUT2D eigenvalue weighted by atomic mass is 9.63. The van der Waals surface area contributed by atoms with E-state index in [1.165, 1.54) is 18.3 Å². The number of nitrogens with zero attached hydrogens (tertiary/aromatic N) is 3. The first-order chi connectivity index (χ1) is 15.0. The largest absolute Gasteiger partial charge is 0.462 e. The molecule has 0 spiro atoms. The smallest absolute Gasteiger partial charge is 0.339 e. The molecule has 1 aromatic carbocycles. The van der Waals surface area contributed by atoms with Crippen molar-refractivity contribution >= 4 is 17.7 Å². The number of pyridine rings is 1. The van der Waals surface area contributed by atoms with Crippen LogP contribution < -0.4 is 4.90 Å². The van der Waals surface area contributed by atoms with Crippen LogP contribution in [0.4, 0.5) is 10.2 Å². The van der Waals surface area contributed by atoms with E-state index in [1.807, 2.05) is 17.0 Å². The van der Waals surface area contributed by atoms with E-state index in [-0.39, 0.29) is 17.7 Å². The van der Waals surface area contributed by atoms with Crippen molar-refractivity contribution in [3.8, 4) is 0 Å². The fourth-order valence-electron chi connectivity index (χ4n) is 4.50. The molecule has 0 N–H and O–H groups in total. The monoisotopic (exact) mass is 425 g/mol. The molecule has 2 aromatic rings. The van der Waals surface area contributed by atoms with Gasteiger partial charge in [-0.1, -0.05) is 18.6 Å². The number of benzene rings is 1. The third-order valence-electron chi connectivity index (χ3n) is 6.36. The molecule has 1 aliphatic carbocycles. The van der Waals surface area contributed by atoms with E-state index in [0.29, 0.717) is 31.8 Å². The van der Waals surface area contributed by atoms with E-state index in [0.717, 1.165) is 43.6 Å². The molecule has 1 aromatic heterocycles. The highest BCUT2D eigenvalue weighted by atomic mass is 19.1. The van der Waals surface area contributed by atoms with E-state index in [1.54, 1.807) is 19.1 Å². The van der Waals surface area contributed by atoms with Crippen LogP contribution in [-0.4, -0.2) is 54.5 Å². The van der Waals surface area contributed by atoms with Gasteiger partial charge in [0.2, 0.25) is 5.91 Å². The summed E-state index contributed by atoms with van der Waals surface area (Å²) < 4.78 is 18.8. The summed E-state index contributed by atoms with van der Waals surface area (Å²) in [5.74, 6) is 0.218. The van der Waals surface area contributed by atoms with Gasteiger partial charge in [-0.2, -0.15) is 0 Å². The van der Waals surface area contributed by atoms with Crippen LogP contribution in [0.1, 0.15) is 48.5 Å². The maximum Gasteiger partial charge on any atom is 0.339 e. The minimum atomic E-state index is -0.587. The third-order valence-corrected chi connectivity index (χ3v) is 6.36. The molecular formula is C24H28FN3O3. The van der Waals surface area contributed by atoms with Crippen LogP contribution >= 0.6 is 0 Å². The van der Waals surface area contributed by atoms with Crippen LogP contribution in [0.15, 0.2) is 42.6 Å². The fourth-order valence-corrected chi connectivity index (χ4v) is 4.50. The zero-order valence-corrected chi connectivity index (χ0v) is 17.8. The first kappa shape index (κ1) is 21.3. The maximum atomic E-state index is 13.8. The van der Waals surface area contributed by atoms with Gasteiger partial charge in [0.05, 0.1) is 17.6 Å². The second-order valence-electron chi connectivity index (χ2n) is 8.20. The number of ether oxygens (including phenoxy) is 1. The first-order valence-corrected chi connectivity index (χ1v) is 11.0. The molecule has 31 heavy (non-hydrogen) atoms. The molecule has 1 saturated carbocycles. The van der Waals surface area contributed by atoms with E-state index < -0.39 is 5.41 Å². The molecule has 2 aliphatic rings. The first-order valence-electron chi connectivity index (χ1n) is 11.0. The van der Waals surface area contributed by atoms with Gasteiger partial charge in [-0.3, -0.25) is 4.79 Å². The van der Waals surface area contributed by atoms with Crippen molar-refractivity contribution in [2.24, 2.45) is 0 Å². The summed E-state index contributed by atoms with van der Waals surface area (Å²) in [7, 11) is 0. The van der Waals surface area contributed by atoms with Crippen molar-refractivity contribution in [3.63, 3.8) is 0 Å². The Labute approximate surface area is 182 Å². The number of amides is 1. The second kappa shape index (κ2) is 9.04. The highest BCUT2D eigenvalue weighted by molar-refractivity contribution is 5.90. The van der Waals surface area contributed by atoms with Gasteiger partial charge in [0.1, 0.15) is 11.6 Å². The summed E-state index contributed by atoms with van der Waals surface area (Å²) in [6.45, 7) is 4.81. The normalized spacial score (nSPS) is 18.1. The third kappa shape index (κ3) is 4.27. The lowest BCUT2D eigenvalue weighted by Gasteiger charge is -2.44. The number of esters is 1. The molecule has 2 fully saturated rings. The van der Waals surface area contributed by atoms with E-state index in [9.17, 15) is 14.0 Å². The van der Waals surface area contributed by atoms with Gasteiger partial charge in [-0.15, -0.1) is 0 Å². The molecule has 0 atom stereocenters. The van der Waals surface area contributed by atoms with Gasteiger partial charge in [-0.05, 0) is 56.0 Å². The van der Waals surface area contributed by atoms with Crippen molar-refractivity contribution in [2.75, 3.05) is 37.7 Å². The minimum absolute atomic E-state index is 0.108. The average molecular weight is 426 g/mol. The zero-order valence-electron chi connectivity index (χ0n) is 17.8. The van der Waals surface area contributed by atoms with Crippen molar-refractivity contribution < 1.29 is 18.7 Å². The molecule has 0 radical (unpaired) electrons. The van der Waals surface area contributed by atoms with Gasteiger partial charge >= 0.3 is 5.97 Å². The number of halogens is 1. The van der Waals surface area contributed by atoms with Crippen molar-refractivity contribution in [2.45, 2.75) is 38.0 Å². The lowest BCUT2D eigenvalue weighted by molar-refractivity contribution is -0.140. The summed E-state index contributed by atoms with van der Waals surface area (Å²) in [5, 5.41) is 0. The Bertz CT molecular complexity index is 943. The van der Waals surface area contributed by atoms with Crippen LogP contribution in [0.3, 0.4) is 0 Å². The topological polar surface area (TPSA) is 62.7 Å². The van der Waals surface area contributed by atoms with Gasteiger partial charge < -0.3 is 14.5 Å². The van der Waals surface area contributed by atoms with Crippen molar-refractivity contribution in [1.82, 2.24) is 9.88 Å². The summed E-state index contributed by atoms with van der Waals surface area (Å²) in [4.78, 5) is 33.8. The van der Waals surface area contributed by atoms with Gasteiger partial charge in [-0.25, -0.2) is 14.2 Å². The van der Waals surface area contributed by atoms with E-state index in [2.05, 4.69) is 9.88 Å². The van der Waals surface area contributed by atoms with Crippen LogP contribution in [0.5, 0.6) is 0 Å². The van der Waals surface area contributed by atoms with Crippen LogP contribution in [0, 0.1) is 5.82 Å². The van der Waals surface area contributed by atoms with Gasteiger partial charge in [0.15, 0.2) is 0 Å². The molecule has 2 heterocycles. The molecule has 1 saturated heterocycles. The Morgan fingerprint density at radius 1 is 1.10 bits per heavy atom. The number of rotatable bonds is 5. The average Bonchev–Trinajstić information content (AvgIpc) is 3.00. The fraction of sp³-hybridized carbons (Fsp3) is 0.458. The molecule has 0 bridgehead atoms. The zero-order chi connectivity index (χ0) is 21.8. The SMILES string of the molecule is CCOC(=O)c1ccc(N2CCCN(C(=O)C3(c4cccc(F)c4)CCC3)CC2)nc1. The summed E-state index contributed by atoms with van der Waals surface area (Å²) >= 11 is 0. The number of aromatic nitrogens is 1. The van der Waals surface area contributed by atoms with Crippen LogP contribution in [0.25, 0.3) is 0 Å². The Morgan fingerprint density at radius 2 is 1.94 bits per heavy atom. The summed E-state index contributed by atoms with van der Waals surface area (Å²) in [6, 6.07) is 10.0. The quantitative estimate of drug-likeness (QED) is 0.686. The number of anilines is 1. The van der Waals surface area contributed by atoms with E-state index >= 15 is 0 Å². The second-order valence-corrected chi connectivity index (χ2v) is 8.20. The molecule has 1 amide bonds. The predicted octanol–water partition coefficient (Wildman–Crippen LogP) is 3.56. The number of carbonyl (C=O) groups excluding carboxylic acids is 2. The van der Waals surface area contributed by atoms with Crippen LogP contribution in [-0.2, 0) is 14.9 Å². The Hall–Kier alpha value is -2.96. The molecule has 6 nitrogen and oxygen atoms in total. The highest BCUT2D eigenvalue weighted by Crippen LogP contribution is 2.45. The Kier molecular flexibility index (Phi) is 6.20. The standard InChI is InChI=1S/C24H28FN3O3/c1-2-31-22(29)18-8-9-21(26-17-18)27-12-5-13-28(15-14-27)23(30)24(10-4-11-24)19-6-3-7-20(25)16-19/h3,6-9,16-17H,2,4-5,10-15H2,1H3. The summed E-state index contributed by atoms with van der Waals surface area (Å²) in [5.41, 5.74) is 0.636. The predicted molar refractivity (Wildman–Crippen MR) is 116 cm³/mol. The summed E-state index contributed by atoms with van der Waals surface area (Å²) in [6.07, 6.45) is 4.89. The molecule has 4 rings (SSSR count). The van der Waals surface area contributed by atoms with Crippen LogP contribution in [0.2, 0.25) is 0 Å².